The van der Waals surface area contributed by atoms with Gasteiger partial charge >= 0.3 is 5.97 Å². The van der Waals surface area contributed by atoms with Crippen LogP contribution in [0.4, 0.5) is 4.39 Å². The van der Waals surface area contributed by atoms with Gasteiger partial charge in [0.05, 0.1) is 13.2 Å². The van der Waals surface area contributed by atoms with Crippen LogP contribution in [0.2, 0.25) is 0 Å². The summed E-state index contributed by atoms with van der Waals surface area (Å²) in [5.41, 5.74) is 0.654. The van der Waals surface area contributed by atoms with E-state index in [1.165, 1.54) is 13.0 Å². The first-order chi connectivity index (χ1) is 12.2. The Morgan fingerprint density at radius 3 is 2.69 bits per heavy atom. The molecule has 6 heteroatoms. The number of carbonyl (C=O) groups excluding carboxylic acids is 1. The molecule has 5 nitrogen and oxygen atoms in total. The third-order valence-electron chi connectivity index (χ3n) is 4.97. The summed E-state index contributed by atoms with van der Waals surface area (Å²) in [5.74, 6) is 0.104. The average Bonchev–Trinajstić information content (AvgIpc) is 3.17. The van der Waals surface area contributed by atoms with Crippen LogP contribution in [-0.4, -0.2) is 48.4 Å². The molecule has 0 aliphatic carbocycles. The predicted molar refractivity (Wildman–Crippen MR) is 95.6 cm³/mol. The van der Waals surface area contributed by atoms with E-state index in [1.807, 2.05) is 0 Å². The van der Waals surface area contributed by atoms with Crippen LogP contribution in [0.25, 0.3) is 0 Å². The minimum absolute atomic E-state index is 0.00651. The largest absolute Gasteiger partial charge is 0.488 e. The van der Waals surface area contributed by atoms with Crippen molar-refractivity contribution in [3.8, 4) is 5.75 Å². The van der Waals surface area contributed by atoms with Crippen LogP contribution in [0.3, 0.4) is 0 Å². The average molecular weight is 365 g/mol. The second-order valence-corrected chi connectivity index (χ2v) is 8.09. The quantitative estimate of drug-likeness (QED) is 0.765. The van der Waals surface area contributed by atoms with Gasteiger partial charge in [-0.3, -0.25) is 9.69 Å². The lowest BCUT2D eigenvalue weighted by molar-refractivity contribution is -0.145. The van der Waals surface area contributed by atoms with Gasteiger partial charge in [-0.15, -0.1) is 0 Å². The lowest BCUT2D eigenvalue weighted by Gasteiger charge is -2.37. The van der Waals surface area contributed by atoms with Crippen LogP contribution in [0.1, 0.15) is 52.1 Å². The number of halogens is 1. The van der Waals surface area contributed by atoms with E-state index in [-0.39, 0.29) is 35.6 Å². The Hall–Kier alpha value is -1.66. The topological polar surface area (TPSA) is 48.0 Å². The van der Waals surface area contributed by atoms with Gasteiger partial charge in [0.25, 0.3) is 0 Å². The van der Waals surface area contributed by atoms with Gasteiger partial charge in [0.2, 0.25) is 0 Å². The highest BCUT2D eigenvalue weighted by molar-refractivity contribution is 5.66. The van der Waals surface area contributed by atoms with Gasteiger partial charge in [-0.05, 0) is 39.0 Å². The van der Waals surface area contributed by atoms with Crippen molar-refractivity contribution in [2.45, 2.75) is 64.3 Å². The summed E-state index contributed by atoms with van der Waals surface area (Å²) in [4.78, 5) is 13.7. The minimum atomic E-state index is -0.292. The molecule has 0 aromatic heterocycles. The first kappa shape index (κ1) is 19.1. The van der Waals surface area contributed by atoms with Gasteiger partial charge in [0, 0.05) is 43.5 Å². The smallest absolute Gasteiger partial charge is 0.302 e. The summed E-state index contributed by atoms with van der Waals surface area (Å²) in [5, 5.41) is 0. The van der Waals surface area contributed by atoms with Gasteiger partial charge in [-0.25, -0.2) is 4.39 Å². The zero-order chi connectivity index (χ0) is 18.9. The number of hydrogen-bond acceptors (Lipinski definition) is 5. The van der Waals surface area contributed by atoms with Crippen LogP contribution in [0, 0.1) is 5.82 Å². The van der Waals surface area contributed by atoms with Crippen molar-refractivity contribution in [1.29, 1.82) is 0 Å². The molecule has 0 bridgehead atoms. The van der Waals surface area contributed by atoms with Gasteiger partial charge in [-0.2, -0.15) is 0 Å². The number of nitrogens with zero attached hydrogens (tertiary/aromatic N) is 1. The van der Waals surface area contributed by atoms with Crippen molar-refractivity contribution >= 4 is 5.97 Å². The molecule has 3 atom stereocenters. The van der Waals surface area contributed by atoms with Crippen molar-refractivity contribution < 1.29 is 23.4 Å². The molecule has 144 valence electrons. The van der Waals surface area contributed by atoms with Crippen molar-refractivity contribution in [1.82, 2.24) is 4.90 Å². The molecule has 2 fully saturated rings. The van der Waals surface area contributed by atoms with E-state index >= 15 is 0 Å². The SMILES string of the molecule is CC(=O)OC1CC(c2cc(F)ccc2OC2CCOC2)N(C(C)(C)C)C1. The fraction of sp³-hybridized carbons (Fsp3) is 0.650. The second-order valence-electron chi connectivity index (χ2n) is 8.09. The maximum Gasteiger partial charge on any atom is 0.302 e. The third-order valence-corrected chi connectivity index (χ3v) is 4.97. The van der Waals surface area contributed by atoms with Gasteiger partial charge < -0.3 is 14.2 Å². The third kappa shape index (κ3) is 4.35. The van der Waals surface area contributed by atoms with Crippen molar-refractivity contribution in [3.63, 3.8) is 0 Å². The minimum Gasteiger partial charge on any atom is -0.488 e. The molecule has 0 N–H and O–H groups in total. The van der Waals surface area contributed by atoms with Gasteiger partial charge in [0.1, 0.15) is 23.8 Å². The Labute approximate surface area is 154 Å². The highest BCUT2D eigenvalue weighted by Gasteiger charge is 2.41. The first-order valence-corrected chi connectivity index (χ1v) is 9.22. The lowest BCUT2D eigenvalue weighted by Crippen LogP contribution is -2.42. The zero-order valence-electron chi connectivity index (χ0n) is 16.0. The summed E-state index contributed by atoms with van der Waals surface area (Å²) in [6, 6.07) is 4.59. The van der Waals surface area contributed by atoms with Crippen molar-refractivity contribution in [2.24, 2.45) is 0 Å². The van der Waals surface area contributed by atoms with E-state index in [2.05, 4.69) is 25.7 Å². The Kier molecular flexibility index (Phi) is 5.53. The highest BCUT2D eigenvalue weighted by Crippen LogP contribution is 2.42. The maximum absolute atomic E-state index is 14.1. The van der Waals surface area contributed by atoms with E-state index in [4.69, 9.17) is 14.2 Å². The molecule has 26 heavy (non-hydrogen) atoms. The number of benzene rings is 1. The summed E-state index contributed by atoms with van der Waals surface area (Å²) in [6.07, 6.45) is 1.24. The summed E-state index contributed by atoms with van der Waals surface area (Å²) in [6.45, 7) is 9.62. The number of ether oxygens (including phenoxy) is 3. The lowest BCUT2D eigenvalue weighted by atomic mass is 9.98. The second kappa shape index (κ2) is 7.53. The summed E-state index contributed by atoms with van der Waals surface area (Å²) >= 11 is 0. The molecule has 2 heterocycles. The van der Waals surface area contributed by atoms with E-state index in [0.717, 1.165) is 12.0 Å². The standard InChI is InChI=1S/C20H28FNO4/c1-13(23)25-16-10-18(22(11-16)20(2,3)4)17-9-14(21)5-6-19(17)26-15-7-8-24-12-15/h5-6,9,15-16,18H,7-8,10-12H2,1-4H3. The first-order valence-electron chi connectivity index (χ1n) is 9.22. The predicted octanol–water partition coefficient (Wildman–Crippen LogP) is 3.47. The number of esters is 1. The van der Waals surface area contributed by atoms with Gasteiger partial charge in [0.15, 0.2) is 0 Å². The fourth-order valence-electron chi connectivity index (χ4n) is 3.83. The van der Waals surface area contributed by atoms with E-state index in [9.17, 15) is 9.18 Å². The molecular weight excluding hydrogens is 337 g/mol. The fourth-order valence-corrected chi connectivity index (χ4v) is 3.83. The normalized spacial score (nSPS) is 26.9. The van der Waals surface area contributed by atoms with Crippen LogP contribution >= 0.6 is 0 Å². The molecular formula is C20H28FNO4. The van der Waals surface area contributed by atoms with Crippen LogP contribution < -0.4 is 4.74 Å². The number of carbonyl (C=O) groups is 1. The molecule has 1 aromatic carbocycles. The molecule has 2 aliphatic heterocycles. The Morgan fingerprint density at radius 2 is 2.08 bits per heavy atom. The van der Waals surface area contributed by atoms with E-state index in [1.54, 1.807) is 12.1 Å². The Balaban J connectivity index is 1.91. The molecule has 2 saturated heterocycles. The van der Waals surface area contributed by atoms with Crippen LogP contribution in [0.5, 0.6) is 5.75 Å². The molecule has 3 unspecified atom stereocenters. The number of likely N-dealkylation sites (tertiary alicyclic amines) is 1. The van der Waals surface area contributed by atoms with E-state index < -0.39 is 0 Å². The molecule has 0 radical (unpaired) electrons. The molecule has 0 amide bonds. The molecule has 0 spiro atoms. The Morgan fingerprint density at radius 1 is 1.31 bits per heavy atom. The zero-order valence-corrected chi connectivity index (χ0v) is 16.0. The van der Waals surface area contributed by atoms with Crippen LogP contribution in [-0.2, 0) is 14.3 Å². The van der Waals surface area contributed by atoms with Crippen molar-refractivity contribution in [2.75, 3.05) is 19.8 Å². The van der Waals surface area contributed by atoms with Gasteiger partial charge in [-0.1, -0.05) is 0 Å². The maximum atomic E-state index is 14.1. The number of rotatable bonds is 4. The molecule has 0 saturated carbocycles. The van der Waals surface area contributed by atoms with Crippen molar-refractivity contribution in [3.05, 3.63) is 29.6 Å². The summed E-state index contributed by atoms with van der Waals surface area (Å²) in [7, 11) is 0. The molecule has 3 rings (SSSR count). The molecule has 2 aliphatic rings. The number of hydrogen-bond donors (Lipinski definition) is 0. The Bertz CT molecular complexity index is 652. The van der Waals surface area contributed by atoms with Crippen LogP contribution in [0.15, 0.2) is 18.2 Å². The van der Waals surface area contributed by atoms with E-state index in [0.29, 0.717) is 31.9 Å². The summed E-state index contributed by atoms with van der Waals surface area (Å²) < 4.78 is 31.0. The highest BCUT2D eigenvalue weighted by atomic mass is 19.1. The monoisotopic (exact) mass is 365 g/mol. The molecule has 1 aromatic rings.